The molecule has 17 aromatic rings. The van der Waals surface area contributed by atoms with Crippen molar-refractivity contribution < 1.29 is 26.0 Å². The van der Waals surface area contributed by atoms with Gasteiger partial charge in [-0.25, -0.2) is 0 Å². The fourth-order valence-electron chi connectivity index (χ4n) is 15.9. The van der Waals surface area contributed by atoms with E-state index in [0.717, 1.165) is 67.3 Å². The van der Waals surface area contributed by atoms with Crippen molar-refractivity contribution in [2.75, 3.05) is 9.80 Å². The highest BCUT2D eigenvalue weighted by Gasteiger charge is 2.47. The number of benzene rings is 15. The summed E-state index contributed by atoms with van der Waals surface area (Å²) in [5, 5.41) is -0.881. The molecule has 2 aliphatic heterocycles. The monoisotopic (exact) mass is 1390 g/mol. The van der Waals surface area contributed by atoms with Crippen LogP contribution in [0, 0.1) is 0 Å². The van der Waals surface area contributed by atoms with Crippen molar-refractivity contribution in [3.8, 4) is 78.1 Å². The topological polar surface area (TPSA) is 16.3 Å². The molecule has 15 aromatic carbocycles. The fraction of sp³-hybridized carbons (Fsp3) is 0.118. The quantitative estimate of drug-likeness (QED) is 0.127. The van der Waals surface area contributed by atoms with Crippen LogP contribution in [0.3, 0.4) is 0 Å². The maximum Gasteiger partial charge on any atom is 0.252 e. The lowest BCUT2D eigenvalue weighted by molar-refractivity contribution is 0.590. The normalized spacial score (nSPS) is 15.3. The lowest BCUT2D eigenvalue weighted by Gasteiger charge is -2.47. The van der Waals surface area contributed by atoms with Crippen LogP contribution in [0.15, 0.2) is 339 Å². The molecule has 0 bridgehead atoms. The minimum atomic E-state index is -1.26. The largest absolute Gasteiger partial charge is 0.310 e. The smallest absolute Gasteiger partial charge is 0.252 e. The average molecular weight is 1390 g/mol. The van der Waals surface area contributed by atoms with E-state index in [1.165, 1.54) is 9.13 Å². The van der Waals surface area contributed by atoms with E-state index in [-0.39, 0.29) is 95.4 Å². The van der Waals surface area contributed by atoms with E-state index >= 15 is 0 Å². The molecule has 0 atom stereocenters. The Morgan fingerprint density at radius 1 is 0.271 bits per heavy atom. The van der Waals surface area contributed by atoms with Crippen molar-refractivity contribution in [2.24, 2.45) is 0 Å². The van der Waals surface area contributed by atoms with Crippen molar-refractivity contribution in [1.29, 1.82) is 0 Å². The summed E-state index contributed by atoms with van der Waals surface area (Å²) in [6.07, 6.45) is 0. The molecule has 5 heteroatoms. The van der Waals surface area contributed by atoms with E-state index < -0.39 is 120 Å². The number of para-hydroxylation sites is 4. The highest BCUT2D eigenvalue weighted by molar-refractivity contribution is 7.00. The van der Waals surface area contributed by atoms with Crippen molar-refractivity contribution in [3.05, 3.63) is 356 Å². The Bertz CT molecular complexity index is 7340. The van der Waals surface area contributed by atoms with Gasteiger partial charge in [-0.05, 0) is 191 Å². The van der Waals surface area contributed by atoms with Gasteiger partial charge in [0.2, 0.25) is 0 Å². The molecular formula is C102H83BN4. The molecule has 0 saturated carbocycles. The van der Waals surface area contributed by atoms with Gasteiger partial charge in [0.25, 0.3) is 6.71 Å². The van der Waals surface area contributed by atoms with Gasteiger partial charge >= 0.3 is 0 Å². The van der Waals surface area contributed by atoms with E-state index in [4.69, 9.17) is 2.74 Å². The minimum Gasteiger partial charge on any atom is -0.310 e. The summed E-state index contributed by atoms with van der Waals surface area (Å²) in [6.45, 7) is 18.0. The lowest BCUT2D eigenvalue weighted by Crippen LogP contribution is -2.61. The zero-order valence-corrected chi connectivity index (χ0v) is 60.7. The molecule has 0 N–H and O–H groups in total. The van der Waals surface area contributed by atoms with Crippen LogP contribution in [0.5, 0.6) is 0 Å². The summed E-state index contributed by atoms with van der Waals surface area (Å²) in [5.74, 6) is 0. The maximum absolute atomic E-state index is 12.0. The molecule has 0 saturated heterocycles. The zero-order chi connectivity index (χ0) is 89.1. The zero-order valence-electron chi connectivity index (χ0n) is 79.7. The SMILES string of the molecule is [2H]c1cc2c(c([2H])c1-n1c3c([2H])cc([2H])c([2H])c3c3c([2H])c([2H])c([2H])c([2H])c31)N(c1c(-c3ccccc3)cc(C(C)(C)C)cc1-c1ccccc1)c1cc(C(C)(C)C)cc3c1B2c1cc([2H])c(-n2c4c([2H])c([2H])c([2H])c([2H])c4c4c([2H])c([2H])c([2H])c([2H])c42)c([2H])c1N3c1c(-c2cccc(-c3ccccc3)c2)cc(C(C)(C)C)cc1-c1cccc(-c2ccccc2)c1. The second-order valence-corrected chi connectivity index (χ2v) is 31.0. The molecule has 0 aliphatic carbocycles. The third kappa shape index (κ3) is 11.0. The highest BCUT2D eigenvalue weighted by Crippen LogP contribution is 2.56. The fourth-order valence-corrected chi connectivity index (χ4v) is 15.9. The van der Waals surface area contributed by atoms with E-state index in [9.17, 15) is 23.3 Å². The van der Waals surface area contributed by atoms with Crippen molar-refractivity contribution >= 4 is 101 Å². The van der Waals surface area contributed by atoms with Gasteiger partial charge in [-0.2, -0.15) is 0 Å². The number of nitrogens with zero attached hydrogens (tertiary/aromatic N) is 4. The Balaban J connectivity index is 1.08. The Morgan fingerprint density at radius 3 is 0.972 bits per heavy atom. The molecule has 0 amide bonds. The summed E-state index contributed by atoms with van der Waals surface area (Å²) in [6, 6.07) is 63.4. The van der Waals surface area contributed by atoms with Gasteiger partial charge < -0.3 is 18.9 Å². The molecule has 514 valence electrons. The van der Waals surface area contributed by atoms with E-state index in [2.05, 4.69) is 169 Å². The number of anilines is 6. The first-order valence-electron chi connectivity index (χ1n) is 45.8. The summed E-state index contributed by atoms with van der Waals surface area (Å²) in [4.78, 5) is 4.17. The Kier molecular flexibility index (Phi) is 11.2. The summed E-state index contributed by atoms with van der Waals surface area (Å²) < 4.78 is 192. The van der Waals surface area contributed by atoms with Gasteiger partial charge in [0.1, 0.15) is 0 Å². The molecule has 4 heterocycles. The Morgan fingerprint density at radius 2 is 0.589 bits per heavy atom. The second kappa shape index (κ2) is 25.1. The van der Waals surface area contributed by atoms with Crippen molar-refractivity contribution in [1.82, 2.24) is 9.13 Å². The second-order valence-electron chi connectivity index (χ2n) is 31.0. The number of aromatic nitrogens is 2. The molecule has 2 aliphatic rings. The van der Waals surface area contributed by atoms with E-state index in [0.29, 0.717) is 50.5 Å². The molecule has 0 fully saturated rings. The van der Waals surface area contributed by atoms with Gasteiger partial charge in [0.05, 0.1) is 59.5 Å². The lowest BCUT2D eigenvalue weighted by atomic mass is 9.33. The minimum absolute atomic E-state index is 0.0917. The van der Waals surface area contributed by atoms with Crippen LogP contribution in [0.1, 0.15) is 105 Å². The maximum atomic E-state index is 12.0. The van der Waals surface area contributed by atoms with Crippen LogP contribution in [0.4, 0.5) is 34.1 Å². The van der Waals surface area contributed by atoms with Crippen LogP contribution in [-0.4, -0.2) is 15.8 Å². The van der Waals surface area contributed by atoms with Crippen molar-refractivity contribution in [3.63, 3.8) is 0 Å². The van der Waals surface area contributed by atoms with Crippen LogP contribution < -0.4 is 26.2 Å². The van der Waals surface area contributed by atoms with Crippen molar-refractivity contribution in [2.45, 2.75) is 78.6 Å². The summed E-state index contributed by atoms with van der Waals surface area (Å²) in [7, 11) is 0. The number of rotatable bonds is 10. The Hall–Kier alpha value is -12.4. The van der Waals surface area contributed by atoms with Gasteiger partial charge in [-0.15, -0.1) is 0 Å². The first-order chi connectivity index (χ1) is 59.9. The van der Waals surface area contributed by atoms with Crippen LogP contribution >= 0.6 is 0 Å². The van der Waals surface area contributed by atoms with Crippen LogP contribution in [0.2, 0.25) is 0 Å². The number of fused-ring (bicyclic) bond motifs is 10. The molecule has 2 aromatic heterocycles. The van der Waals surface area contributed by atoms with E-state index in [1.54, 1.807) is 12.1 Å². The first-order valence-corrected chi connectivity index (χ1v) is 36.3. The van der Waals surface area contributed by atoms with Gasteiger partial charge in [0, 0.05) is 77.9 Å². The molecule has 0 radical (unpaired) electrons. The third-order valence-corrected chi connectivity index (χ3v) is 21.3. The molecule has 4 nitrogen and oxygen atoms in total. The third-order valence-electron chi connectivity index (χ3n) is 21.3. The first kappa shape index (κ1) is 47.8. The molecule has 19 rings (SSSR count). The predicted molar refractivity (Wildman–Crippen MR) is 458 cm³/mol. The average Bonchev–Trinajstić information content (AvgIpc) is 0.918. The standard InChI is InChI=1S/C102H83BN4/c1-100(2,3)74-58-83(68-36-18-12-19-37-68)98(84(59-74)69-38-20-13-21-39-69)106-93-64-77(104-89-48-26-22-44-79(89)80-45-23-27-49-90(80)104)52-54-87(93)103-88-55-53-78(105-91-50-28-24-46-81(91)82-47-25-29-51-92(82)105)65-94(88)107(96-63-76(102(7,8)9)62-95(106)97(96)103)99-85(72-42-30-40-70(56-72)66-32-14-10-15-33-66)60-75(101(4,5)6)61-86(99)73-43-31-41-71(57-73)67-34-16-11-17-35-67/h10-65H,1-9H3/i22D,23D,24D,25D,26D,28D,29D,44D,45D,46D,47D,48D,49D,50D,51D,52D,53D,64D,65D. The van der Waals surface area contributed by atoms with E-state index in [1.807, 2.05) is 109 Å². The Labute approximate surface area is 655 Å². The summed E-state index contributed by atoms with van der Waals surface area (Å²) in [5.41, 5.74) is 11.9. The molecule has 107 heavy (non-hydrogen) atoms. The predicted octanol–water partition coefficient (Wildman–Crippen LogP) is 25.9. The van der Waals surface area contributed by atoms with Crippen LogP contribution in [0.25, 0.3) is 122 Å². The van der Waals surface area contributed by atoms with Gasteiger partial charge in [-0.1, -0.05) is 305 Å². The van der Waals surface area contributed by atoms with Gasteiger partial charge in [0.15, 0.2) is 0 Å². The number of hydrogen-bond acceptors (Lipinski definition) is 2. The van der Waals surface area contributed by atoms with Crippen LogP contribution in [-0.2, 0) is 16.2 Å². The molecule has 0 spiro atoms. The van der Waals surface area contributed by atoms with Gasteiger partial charge in [-0.3, -0.25) is 0 Å². The molecule has 0 unspecified atom stereocenters. The summed E-state index contributed by atoms with van der Waals surface area (Å²) >= 11 is 0. The molecular weight excluding hydrogens is 1290 g/mol. The number of hydrogen-bond donors (Lipinski definition) is 0. The highest BCUT2D eigenvalue weighted by atomic mass is 15.2.